The molecule has 2 aromatic rings. The fourth-order valence-electron chi connectivity index (χ4n) is 4.07. The fraction of sp³-hybridized carbons (Fsp3) is 0.304. The molecule has 2 aromatic carbocycles. The second-order valence-corrected chi connectivity index (χ2v) is 7.95. The Kier molecular flexibility index (Phi) is 6.44. The maximum atomic E-state index is 12.7. The molecule has 1 unspecified atom stereocenters. The number of carbonyl (C=O) groups excluding carboxylic acids is 2. The number of methoxy groups -OCH3 is 1. The third kappa shape index (κ3) is 4.68. The highest BCUT2D eigenvalue weighted by Crippen LogP contribution is 2.29. The van der Waals surface area contributed by atoms with Crippen molar-refractivity contribution in [1.82, 2.24) is 15.5 Å². The molecule has 2 N–H and O–H groups in total. The number of amides is 2. The van der Waals surface area contributed by atoms with Gasteiger partial charge in [-0.05, 0) is 17.7 Å². The highest BCUT2D eigenvalue weighted by atomic mass is 35.5. The number of nitrogens with zero attached hydrogens (tertiary/aromatic N) is 2. The van der Waals surface area contributed by atoms with Crippen molar-refractivity contribution < 1.29 is 14.3 Å². The largest absolute Gasteiger partial charge is 0.466 e. The van der Waals surface area contributed by atoms with Gasteiger partial charge in [0.15, 0.2) is 0 Å². The van der Waals surface area contributed by atoms with Gasteiger partial charge in [-0.25, -0.2) is 9.59 Å². The van der Waals surface area contributed by atoms with Crippen LogP contribution in [0.15, 0.2) is 65.9 Å². The van der Waals surface area contributed by atoms with Crippen LogP contribution in [-0.2, 0) is 9.53 Å². The number of anilines is 1. The van der Waals surface area contributed by atoms with Crippen molar-refractivity contribution in [2.75, 3.05) is 44.7 Å². The Bertz CT molecular complexity index is 987. The first-order chi connectivity index (χ1) is 15.1. The van der Waals surface area contributed by atoms with Crippen molar-refractivity contribution in [3.05, 3.63) is 76.5 Å². The van der Waals surface area contributed by atoms with Gasteiger partial charge in [0, 0.05) is 38.4 Å². The van der Waals surface area contributed by atoms with Crippen molar-refractivity contribution in [2.24, 2.45) is 0 Å². The molecule has 2 amide bonds. The monoisotopic (exact) mass is 440 g/mol. The smallest absolute Gasteiger partial charge is 0.338 e. The molecule has 2 heterocycles. The number of nitrogens with one attached hydrogen (secondary N) is 2. The van der Waals surface area contributed by atoms with Gasteiger partial charge in [0.25, 0.3) is 0 Å². The van der Waals surface area contributed by atoms with E-state index in [1.54, 1.807) is 0 Å². The molecule has 31 heavy (non-hydrogen) atoms. The number of benzene rings is 2. The maximum absolute atomic E-state index is 12.7. The summed E-state index contributed by atoms with van der Waals surface area (Å²) in [6.45, 7) is 3.63. The molecule has 0 spiro atoms. The van der Waals surface area contributed by atoms with Crippen LogP contribution >= 0.6 is 11.6 Å². The number of urea groups is 1. The lowest BCUT2D eigenvalue weighted by molar-refractivity contribution is -0.136. The summed E-state index contributed by atoms with van der Waals surface area (Å²) in [6, 6.07) is 16.4. The van der Waals surface area contributed by atoms with E-state index in [0.717, 1.165) is 42.5 Å². The lowest BCUT2D eigenvalue weighted by Crippen LogP contribution is -2.51. The van der Waals surface area contributed by atoms with Crippen LogP contribution in [0.5, 0.6) is 0 Å². The third-order valence-corrected chi connectivity index (χ3v) is 5.96. The molecule has 2 aliphatic rings. The molecular formula is C23H25ClN4O3. The van der Waals surface area contributed by atoms with Gasteiger partial charge in [-0.15, -0.1) is 0 Å². The molecule has 0 radical (unpaired) electrons. The van der Waals surface area contributed by atoms with E-state index in [9.17, 15) is 9.59 Å². The van der Waals surface area contributed by atoms with Crippen molar-refractivity contribution in [1.29, 1.82) is 0 Å². The summed E-state index contributed by atoms with van der Waals surface area (Å²) < 4.78 is 5.05. The summed E-state index contributed by atoms with van der Waals surface area (Å²) in [4.78, 5) is 29.5. The summed E-state index contributed by atoms with van der Waals surface area (Å²) >= 11 is 6.34. The molecule has 0 saturated carbocycles. The zero-order valence-electron chi connectivity index (χ0n) is 17.3. The van der Waals surface area contributed by atoms with Crippen LogP contribution < -0.4 is 15.5 Å². The maximum Gasteiger partial charge on any atom is 0.338 e. The average Bonchev–Trinajstić information content (AvgIpc) is 2.80. The minimum atomic E-state index is -0.554. The van der Waals surface area contributed by atoms with Gasteiger partial charge < -0.3 is 20.3 Å². The Morgan fingerprint density at radius 1 is 1.06 bits per heavy atom. The molecule has 4 rings (SSSR count). The van der Waals surface area contributed by atoms with Crippen molar-refractivity contribution >= 4 is 29.3 Å². The molecular weight excluding hydrogens is 416 g/mol. The molecule has 1 fully saturated rings. The molecule has 1 atom stereocenters. The number of hydrogen-bond acceptors (Lipinski definition) is 5. The van der Waals surface area contributed by atoms with Gasteiger partial charge in [0.05, 0.1) is 29.4 Å². The van der Waals surface area contributed by atoms with Crippen LogP contribution in [0, 0.1) is 0 Å². The summed E-state index contributed by atoms with van der Waals surface area (Å²) in [5, 5.41) is 6.42. The number of carbonyl (C=O) groups is 2. The first-order valence-electron chi connectivity index (χ1n) is 10.2. The molecule has 0 aromatic heterocycles. The summed E-state index contributed by atoms with van der Waals surface area (Å²) in [7, 11) is 1.35. The van der Waals surface area contributed by atoms with Crippen LogP contribution in [0.4, 0.5) is 10.5 Å². The van der Waals surface area contributed by atoms with Crippen LogP contribution in [0.3, 0.4) is 0 Å². The lowest BCUT2D eigenvalue weighted by Gasteiger charge is -2.38. The summed E-state index contributed by atoms with van der Waals surface area (Å²) in [5.74, 6) is -0.453. The predicted octanol–water partition coefficient (Wildman–Crippen LogP) is 2.94. The second kappa shape index (κ2) is 9.41. The molecule has 1 saturated heterocycles. The van der Waals surface area contributed by atoms with Crippen LogP contribution in [0.1, 0.15) is 11.6 Å². The minimum absolute atomic E-state index is 0.328. The second-order valence-electron chi connectivity index (χ2n) is 7.54. The average molecular weight is 441 g/mol. The normalized spacial score (nSPS) is 19.6. The van der Waals surface area contributed by atoms with Gasteiger partial charge in [0.2, 0.25) is 0 Å². The molecule has 0 aliphatic carbocycles. The molecule has 8 heteroatoms. The Morgan fingerprint density at radius 3 is 2.42 bits per heavy atom. The number of piperazine rings is 1. The van der Waals surface area contributed by atoms with Gasteiger partial charge >= 0.3 is 12.0 Å². The quantitative estimate of drug-likeness (QED) is 0.699. The molecule has 2 aliphatic heterocycles. The first kappa shape index (κ1) is 21.2. The number of para-hydroxylation sites is 1. The number of esters is 1. The van der Waals surface area contributed by atoms with E-state index in [-0.39, 0.29) is 6.03 Å². The van der Waals surface area contributed by atoms with Crippen molar-refractivity contribution in [3.63, 3.8) is 0 Å². The van der Waals surface area contributed by atoms with Gasteiger partial charge in [-0.1, -0.05) is 54.1 Å². The summed E-state index contributed by atoms with van der Waals surface area (Å²) in [5.41, 5.74) is 2.87. The van der Waals surface area contributed by atoms with E-state index in [1.807, 2.05) is 54.6 Å². The Morgan fingerprint density at radius 2 is 1.74 bits per heavy atom. The first-order valence-corrected chi connectivity index (χ1v) is 10.6. The topological polar surface area (TPSA) is 73.9 Å². The van der Waals surface area contributed by atoms with Crippen LogP contribution in [0.2, 0.25) is 5.02 Å². The summed E-state index contributed by atoms with van der Waals surface area (Å²) in [6.07, 6.45) is 0. The number of halogens is 1. The zero-order valence-corrected chi connectivity index (χ0v) is 18.1. The van der Waals surface area contributed by atoms with E-state index in [0.29, 0.717) is 17.8 Å². The van der Waals surface area contributed by atoms with E-state index < -0.39 is 12.0 Å². The van der Waals surface area contributed by atoms with E-state index in [2.05, 4.69) is 20.4 Å². The van der Waals surface area contributed by atoms with E-state index in [4.69, 9.17) is 16.3 Å². The van der Waals surface area contributed by atoms with E-state index >= 15 is 0 Å². The molecule has 0 bridgehead atoms. The van der Waals surface area contributed by atoms with Gasteiger partial charge in [-0.3, -0.25) is 4.90 Å². The zero-order chi connectivity index (χ0) is 21.8. The molecule has 162 valence electrons. The highest BCUT2D eigenvalue weighted by Gasteiger charge is 2.34. The molecule has 7 nitrogen and oxygen atoms in total. The lowest BCUT2D eigenvalue weighted by atomic mass is 9.95. The number of rotatable bonds is 5. The standard InChI is InChI=1S/C23H25ClN4O3/c1-31-22(29)20-18(25-23(30)26-21(20)16-7-3-2-4-8-16)15-27-11-13-28(14-12-27)19-10-6-5-9-17(19)24/h2-10,21H,11-15H2,1H3,(H2,25,26,30). The SMILES string of the molecule is COC(=O)C1=C(CN2CCN(c3ccccc3Cl)CC2)NC(=O)NC1c1ccccc1. The fourth-order valence-corrected chi connectivity index (χ4v) is 4.32. The minimum Gasteiger partial charge on any atom is -0.466 e. The van der Waals surface area contributed by atoms with Crippen molar-refractivity contribution in [2.45, 2.75) is 6.04 Å². The Labute approximate surface area is 186 Å². The van der Waals surface area contributed by atoms with Crippen LogP contribution in [0.25, 0.3) is 0 Å². The Balaban J connectivity index is 1.54. The van der Waals surface area contributed by atoms with Crippen molar-refractivity contribution in [3.8, 4) is 0 Å². The Hall–Kier alpha value is -3.03. The predicted molar refractivity (Wildman–Crippen MR) is 120 cm³/mol. The number of ether oxygens (including phenoxy) is 1. The number of hydrogen-bond donors (Lipinski definition) is 2. The van der Waals surface area contributed by atoms with Gasteiger partial charge in [0.1, 0.15) is 0 Å². The van der Waals surface area contributed by atoms with E-state index in [1.165, 1.54) is 7.11 Å². The van der Waals surface area contributed by atoms with Crippen LogP contribution in [-0.4, -0.2) is 56.7 Å². The third-order valence-electron chi connectivity index (χ3n) is 5.64. The van der Waals surface area contributed by atoms with Gasteiger partial charge in [-0.2, -0.15) is 0 Å². The highest BCUT2D eigenvalue weighted by molar-refractivity contribution is 6.33.